The van der Waals surface area contributed by atoms with Crippen molar-refractivity contribution in [1.29, 1.82) is 0 Å². The molecule has 0 bridgehead atoms. The second-order valence-electron chi connectivity index (χ2n) is 5.55. The van der Waals surface area contributed by atoms with Crippen LogP contribution in [0.5, 0.6) is 0 Å². The summed E-state index contributed by atoms with van der Waals surface area (Å²) in [6.45, 7) is 1.98. The Balaban J connectivity index is 1.58. The molecule has 22 heavy (non-hydrogen) atoms. The van der Waals surface area contributed by atoms with E-state index in [9.17, 15) is 4.79 Å². The normalized spacial score (nSPS) is 22.2. The highest BCUT2D eigenvalue weighted by atomic mass is 16.2. The minimum atomic E-state index is -0.227. The fraction of sp³-hybridized carbons (Fsp3) is 0.294. The number of hydrogen-bond donors (Lipinski definition) is 3. The van der Waals surface area contributed by atoms with E-state index < -0.39 is 0 Å². The smallest absolute Gasteiger partial charge is 0.239 e. The minimum Gasteiger partial charge on any atom is -0.348 e. The van der Waals surface area contributed by atoms with Crippen LogP contribution in [0.4, 0.5) is 0 Å². The first-order valence-corrected chi connectivity index (χ1v) is 7.50. The molecule has 0 radical (unpaired) electrons. The van der Waals surface area contributed by atoms with Gasteiger partial charge in [0.25, 0.3) is 0 Å². The number of hydrazine groups is 1. The summed E-state index contributed by atoms with van der Waals surface area (Å²) >= 11 is 0. The lowest BCUT2D eigenvalue weighted by molar-refractivity contribution is -0.123. The van der Waals surface area contributed by atoms with Crippen molar-refractivity contribution in [1.82, 2.24) is 21.2 Å². The zero-order valence-corrected chi connectivity index (χ0v) is 12.5. The summed E-state index contributed by atoms with van der Waals surface area (Å²) in [6, 6.07) is 13.9. The molecule has 3 rings (SSSR count). The van der Waals surface area contributed by atoms with Crippen molar-refractivity contribution in [3.63, 3.8) is 0 Å². The molecular formula is C17H20N4O. The summed E-state index contributed by atoms with van der Waals surface area (Å²) < 4.78 is 0. The van der Waals surface area contributed by atoms with E-state index in [0.29, 0.717) is 0 Å². The lowest BCUT2D eigenvalue weighted by Crippen LogP contribution is -2.43. The summed E-state index contributed by atoms with van der Waals surface area (Å²) in [5, 5.41) is 3.04. The first-order chi connectivity index (χ1) is 10.7. The molecule has 3 unspecified atom stereocenters. The van der Waals surface area contributed by atoms with E-state index in [1.807, 2.05) is 37.3 Å². The highest BCUT2D eigenvalue weighted by Crippen LogP contribution is 2.22. The second kappa shape index (κ2) is 6.68. The van der Waals surface area contributed by atoms with Gasteiger partial charge in [-0.25, -0.2) is 10.9 Å². The molecule has 0 spiro atoms. The summed E-state index contributed by atoms with van der Waals surface area (Å²) in [6.07, 6.45) is 4.20. The summed E-state index contributed by atoms with van der Waals surface area (Å²) in [7, 11) is 0. The average molecular weight is 296 g/mol. The van der Waals surface area contributed by atoms with Crippen LogP contribution in [0.25, 0.3) is 0 Å². The Morgan fingerprint density at radius 2 is 1.91 bits per heavy atom. The second-order valence-corrected chi connectivity index (χ2v) is 5.55. The SMILES string of the molecule is CC(NC(=O)C1CC(c2ccccc2)NN1)c1ccncc1. The Bertz CT molecular complexity index is 617. The van der Waals surface area contributed by atoms with Gasteiger partial charge in [0.1, 0.15) is 6.04 Å². The van der Waals surface area contributed by atoms with Crippen LogP contribution in [0, 0.1) is 0 Å². The number of hydrogen-bond acceptors (Lipinski definition) is 4. The van der Waals surface area contributed by atoms with E-state index in [0.717, 1.165) is 12.0 Å². The highest BCUT2D eigenvalue weighted by molar-refractivity contribution is 5.82. The monoisotopic (exact) mass is 296 g/mol. The summed E-state index contributed by atoms with van der Waals surface area (Å²) in [5.41, 5.74) is 8.52. The zero-order chi connectivity index (χ0) is 15.4. The van der Waals surface area contributed by atoms with Crippen molar-refractivity contribution in [3.05, 3.63) is 66.0 Å². The number of aromatic nitrogens is 1. The fourth-order valence-electron chi connectivity index (χ4n) is 2.68. The Morgan fingerprint density at radius 3 is 2.64 bits per heavy atom. The summed E-state index contributed by atoms with van der Waals surface area (Å²) in [4.78, 5) is 16.4. The van der Waals surface area contributed by atoms with Gasteiger partial charge in [0.15, 0.2) is 0 Å². The molecule has 1 aliphatic rings. The molecule has 3 atom stereocenters. The zero-order valence-electron chi connectivity index (χ0n) is 12.5. The molecular weight excluding hydrogens is 276 g/mol. The van der Waals surface area contributed by atoms with Crippen molar-refractivity contribution in [2.45, 2.75) is 31.5 Å². The van der Waals surface area contributed by atoms with Crippen molar-refractivity contribution in [2.75, 3.05) is 0 Å². The number of rotatable bonds is 4. The van der Waals surface area contributed by atoms with E-state index in [1.165, 1.54) is 5.56 Å². The number of nitrogens with zero attached hydrogens (tertiary/aromatic N) is 1. The van der Waals surface area contributed by atoms with Crippen LogP contribution in [-0.4, -0.2) is 16.9 Å². The Labute approximate surface area is 130 Å². The quantitative estimate of drug-likeness (QED) is 0.806. The number of nitrogens with one attached hydrogen (secondary N) is 3. The molecule has 2 aromatic rings. The number of amides is 1. The maximum absolute atomic E-state index is 12.4. The molecule has 0 saturated carbocycles. The van der Waals surface area contributed by atoms with Gasteiger partial charge in [-0.3, -0.25) is 9.78 Å². The third-order valence-electron chi connectivity index (χ3n) is 3.99. The van der Waals surface area contributed by atoms with E-state index in [4.69, 9.17) is 0 Å². The molecule has 5 heteroatoms. The van der Waals surface area contributed by atoms with Crippen LogP contribution in [0.3, 0.4) is 0 Å². The van der Waals surface area contributed by atoms with Gasteiger partial charge >= 0.3 is 0 Å². The molecule has 1 saturated heterocycles. The first kappa shape index (κ1) is 14.7. The number of benzene rings is 1. The number of pyridine rings is 1. The first-order valence-electron chi connectivity index (χ1n) is 7.50. The van der Waals surface area contributed by atoms with Gasteiger partial charge in [-0.2, -0.15) is 0 Å². The van der Waals surface area contributed by atoms with Crippen LogP contribution >= 0.6 is 0 Å². The van der Waals surface area contributed by atoms with Gasteiger partial charge in [0, 0.05) is 18.4 Å². The third kappa shape index (κ3) is 3.32. The minimum absolute atomic E-state index is 0.00948. The maximum atomic E-state index is 12.4. The predicted molar refractivity (Wildman–Crippen MR) is 84.7 cm³/mol. The lowest BCUT2D eigenvalue weighted by Gasteiger charge is -2.17. The van der Waals surface area contributed by atoms with Gasteiger partial charge in [-0.1, -0.05) is 30.3 Å². The number of carbonyl (C=O) groups is 1. The molecule has 1 aromatic carbocycles. The Kier molecular flexibility index (Phi) is 4.46. The molecule has 114 valence electrons. The Hall–Kier alpha value is -2.24. The van der Waals surface area contributed by atoms with Crippen molar-refractivity contribution >= 4 is 5.91 Å². The summed E-state index contributed by atoms with van der Waals surface area (Å²) in [5.74, 6) is 0.00948. The molecule has 1 aromatic heterocycles. The average Bonchev–Trinajstić information content (AvgIpc) is 3.06. The topological polar surface area (TPSA) is 66.1 Å². The highest BCUT2D eigenvalue weighted by Gasteiger charge is 2.30. The lowest BCUT2D eigenvalue weighted by atomic mass is 10.0. The van der Waals surface area contributed by atoms with E-state index in [2.05, 4.69) is 33.3 Å². The molecule has 1 aliphatic heterocycles. The van der Waals surface area contributed by atoms with Crippen LogP contribution in [0.2, 0.25) is 0 Å². The molecule has 1 fully saturated rings. The van der Waals surface area contributed by atoms with Crippen molar-refractivity contribution in [3.8, 4) is 0 Å². The standard InChI is InChI=1S/C17H20N4O/c1-12(13-7-9-18-10-8-13)19-17(22)16-11-15(20-21-16)14-5-3-2-4-6-14/h2-10,12,15-16,20-21H,11H2,1H3,(H,19,22). The molecule has 3 N–H and O–H groups in total. The van der Waals surface area contributed by atoms with E-state index in [1.54, 1.807) is 12.4 Å². The van der Waals surface area contributed by atoms with E-state index in [-0.39, 0.29) is 24.0 Å². The number of carbonyl (C=O) groups excluding carboxylic acids is 1. The van der Waals surface area contributed by atoms with Crippen LogP contribution in [0.15, 0.2) is 54.9 Å². The molecule has 1 amide bonds. The predicted octanol–water partition coefficient (Wildman–Crippen LogP) is 1.87. The molecule has 5 nitrogen and oxygen atoms in total. The van der Waals surface area contributed by atoms with Gasteiger partial charge in [0.05, 0.1) is 6.04 Å². The fourth-order valence-corrected chi connectivity index (χ4v) is 2.68. The van der Waals surface area contributed by atoms with Crippen LogP contribution in [0.1, 0.15) is 36.6 Å². The van der Waals surface area contributed by atoms with Gasteiger partial charge in [0.2, 0.25) is 5.91 Å². The molecule has 2 heterocycles. The van der Waals surface area contributed by atoms with Crippen molar-refractivity contribution in [2.24, 2.45) is 0 Å². The van der Waals surface area contributed by atoms with E-state index >= 15 is 0 Å². The van der Waals surface area contributed by atoms with Crippen LogP contribution in [-0.2, 0) is 4.79 Å². The van der Waals surface area contributed by atoms with Crippen molar-refractivity contribution < 1.29 is 4.79 Å². The van der Waals surface area contributed by atoms with Gasteiger partial charge in [-0.05, 0) is 36.6 Å². The Morgan fingerprint density at radius 1 is 1.18 bits per heavy atom. The largest absolute Gasteiger partial charge is 0.348 e. The van der Waals surface area contributed by atoms with Gasteiger partial charge < -0.3 is 5.32 Å². The molecule has 0 aliphatic carbocycles. The third-order valence-corrected chi connectivity index (χ3v) is 3.99. The maximum Gasteiger partial charge on any atom is 0.239 e. The van der Waals surface area contributed by atoms with Crippen LogP contribution < -0.4 is 16.2 Å². The van der Waals surface area contributed by atoms with Gasteiger partial charge in [-0.15, -0.1) is 0 Å².